The lowest BCUT2D eigenvalue weighted by Crippen LogP contribution is -1.92. The van der Waals surface area contributed by atoms with Crippen molar-refractivity contribution in [2.24, 2.45) is 0 Å². The van der Waals surface area contributed by atoms with Crippen LogP contribution in [-0.4, -0.2) is 0 Å². The molecule has 0 atom stereocenters. The third-order valence-corrected chi connectivity index (χ3v) is 3.38. The topological polar surface area (TPSA) is 56.8 Å². The Morgan fingerprint density at radius 2 is 1.80 bits per heavy atom. The average molecular weight is 331 g/mol. The molecule has 0 fully saturated rings. The van der Waals surface area contributed by atoms with Gasteiger partial charge in [-0.25, -0.2) is 4.39 Å². The highest BCUT2D eigenvalue weighted by atomic mass is 79.9. The number of ether oxygens (including phenoxy) is 1. The maximum Gasteiger partial charge on any atom is 0.181 e. The lowest BCUT2D eigenvalue weighted by Gasteiger charge is -2.08. The summed E-state index contributed by atoms with van der Waals surface area (Å²) in [6.07, 6.45) is 0.317. The second kappa shape index (κ2) is 6.18. The van der Waals surface area contributed by atoms with Gasteiger partial charge in [-0.3, -0.25) is 0 Å². The molecule has 0 heterocycles. The molecule has 0 N–H and O–H groups in total. The molecule has 0 aliphatic heterocycles. The van der Waals surface area contributed by atoms with Gasteiger partial charge in [-0.1, -0.05) is 12.1 Å². The normalized spacial score (nSPS) is 9.60. The zero-order valence-electron chi connectivity index (χ0n) is 10.2. The van der Waals surface area contributed by atoms with Crippen molar-refractivity contribution < 1.29 is 9.13 Å². The lowest BCUT2D eigenvalue weighted by molar-refractivity contribution is 0.440. The number of nitriles is 2. The molecular weight excluding hydrogens is 323 g/mol. The maximum absolute atomic E-state index is 14.0. The molecule has 2 aromatic rings. The molecule has 0 aliphatic rings. The minimum absolute atomic E-state index is 0.0314. The second-order valence-electron chi connectivity index (χ2n) is 3.93. The van der Waals surface area contributed by atoms with Crippen molar-refractivity contribution in [1.82, 2.24) is 0 Å². The summed E-state index contributed by atoms with van der Waals surface area (Å²) in [5, 5.41) is 17.4. The molecule has 20 heavy (non-hydrogen) atoms. The van der Waals surface area contributed by atoms with Gasteiger partial charge in [0.25, 0.3) is 0 Å². The Labute approximate surface area is 124 Å². The van der Waals surface area contributed by atoms with Crippen LogP contribution in [0.5, 0.6) is 11.5 Å². The molecule has 0 aromatic heterocycles. The quantitative estimate of drug-likeness (QED) is 0.842. The molecule has 0 saturated heterocycles. The molecule has 0 spiro atoms. The van der Waals surface area contributed by atoms with Gasteiger partial charge < -0.3 is 4.74 Å². The summed E-state index contributed by atoms with van der Waals surface area (Å²) in [5.41, 5.74) is 1.07. The molecule has 2 rings (SSSR count). The van der Waals surface area contributed by atoms with E-state index in [1.807, 2.05) is 12.1 Å². The van der Waals surface area contributed by atoms with Gasteiger partial charge >= 0.3 is 0 Å². The lowest BCUT2D eigenvalue weighted by atomic mass is 10.1. The fourth-order valence-corrected chi connectivity index (χ4v) is 2.01. The number of halogens is 2. The van der Waals surface area contributed by atoms with E-state index in [1.165, 1.54) is 12.1 Å². The standard InChI is InChI=1S/C15H8BrFN2O/c16-14-11(9-19)3-6-13(15(14)17)20-12-4-1-10(2-5-12)7-8-18/h1-6H,7H2. The van der Waals surface area contributed by atoms with Gasteiger partial charge in [-0.2, -0.15) is 10.5 Å². The summed E-state index contributed by atoms with van der Waals surface area (Å²) in [7, 11) is 0. The van der Waals surface area contributed by atoms with E-state index in [0.29, 0.717) is 12.2 Å². The Kier molecular flexibility index (Phi) is 4.34. The zero-order chi connectivity index (χ0) is 14.5. The van der Waals surface area contributed by atoms with Gasteiger partial charge in [0.2, 0.25) is 0 Å². The van der Waals surface area contributed by atoms with E-state index in [9.17, 15) is 4.39 Å². The minimum Gasteiger partial charge on any atom is -0.454 e. The van der Waals surface area contributed by atoms with Crippen LogP contribution in [0.4, 0.5) is 4.39 Å². The first kappa shape index (κ1) is 14.0. The van der Waals surface area contributed by atoms with Crippen LogP contribution in [0.1, 0.15) is 11.1 Å². The smallest absolute Gasteiger partial charge is 0.181 e. The highest BCUT2D eigenvalue weighted by Crippen LogP contribution is 2.31. The van der Waals surface area contributed by atoms with E-state index >= 15 is 0 Å². The third-order valence-electron chi connectivity index (χ3n) is 2.60. The van der Waals surface area contributed by atoms with E-state index in [4.69, 9.17) is 15.3 Å². The van der Waals surface area contributed by atoms with Crippen molar-refractivity contribution in [3.63, 3.8) is 0 Å². The molecule has 2 aromatic carbocycles. The largest absolute Gasteiger partial charge is 0.454 e. The number of benzene rings is 2. The first-order chi connectivity index (χ1) is 9.65. The van der Waals surface area contributed by atoms with Crippen molar-refractivity contribution in [1.29, 1.82) is 10.5 Å². The summed E-state index contributed by atoms with van der Waals surface area (Å²) in [5.74, 6) is -0.128. The number of hydrogen-bond donors (Lipinski definition) is 0. The van der Waals surface area contributed by atoms with Crippen molar-refractivity contribution in [2.75, 3.05) is 0 Å². The first-order valence-corrected chi connectivity index (χ1v) is 6.47. The van der Waals surface area contributed by atoms with Gasteiger partial charge in [-0.05, 0) is 45.8 Å². The van der Waals surface area contributed by atoms with Gasteiger partial charge in [0.05, 0.1) is 22.5 Å². The molecule has 0 aliphatic carbocycles. The Balaban J connectivity index is 2.25. The van der Waals surface area contributed by atoms with Crippen LogP contribution in [0.25, 0.3) is 0 Å². The molecule has 0 radical (unpaired) electrons. The maximum atomic E-state index is 14.0. The van der Waals surface area contributed by atoms with Gasteiger partial charge in [0.1, 0.15) is 11.8 Å². The predicted octanol–water partition coefficient (Wildman–Crippen LogP) is 4.32. The summed E-state index contributed by atoms with van der Waals surface area (Å²) in [4.78, 5) is 0. The number of hydrogen-bond acceptors (Lipinski definition) is 3. The Bertz CT molecular complexity index is 714. The van der Waals surface area contributed by atoms with Crippen molar-refractivity contribution in [3.05, 3.63) is 57.8 Å². The average Bonchev–Trinajstić information content (AvgIpc) is 2.46. The minimum atomic E-state index is -0.620. The van der Waals surface area contributed by atoms with Gasteiger partial charge in [0, 0.05) is 0 Å². The summed E-state index contributed by atoms with van der Waals surface area (Å²) < 4.78 is 19.5. The Morgan fingerprint density at radius 3 is 2.40 bits per heavy atom. The third kappa shape index (κ3) is 2.96. The van der Waals surface area contributed by atoms with E-state index in [2.05, 4.69) is 15.9 Å². The molecule has 0 saturated carbocycles. The predicted molar refractivity (Wildman–Crippen MR) is 74.6 cm³/mol. The van der Waals surface area contributed by atoms with Crippen LogP contribution in [0.2, 0.25) is 0 Å². The molecule has 98 valence electrons. The molecular formula is C15H8BrFN2O. The Hall–Kier alpha value is -2.37. The van der Waals surface area contributed by atoms with Gasteiger partial charge in [-0.15, -0.1) is 0 Å². The fraction of sp³-hybridized carbons (Fsp3) is 0.0667. The number of nitrogens with zero attached hydrogens (tertiary/aromatic N) is 2. The van der Waals surface area contributed by atoms with Crippen molar-refractivity contribution >= 4 is 15.9 Å². The van der Waals surface area contributed by atoms with Crippen LogP contribution < -0.4 is 4.74 Å². The molecule has 5 heteroatoms. The first-order valence-electron chi connectivity index (χ1n) is 5.67. The van der Waals surface area contributed by atoms with Gasteiger partial charge in [0.15, 0.2) is 11.6 Å². The SMILES string of the molecule is N#CCc1ccc(Oc2ccc(C#N)c(Br)c2F)cc1. The second-order valence-corrected chi connectivity index (χ2v) is 4.72. The van der Waals surface area contributed by atoms with Crippen molar-refractivity contribution in [3.8, 4) is 23.6 Å². The monoisotopic (exact) mass is 330 g/mol. The van der Waals surface area contributed by atoms with Crippen molar-refractivity contribution in [2.45, 2.75) is 6.42 Å². The van der Waals surface area contributed by atoms with E-state index in [-0.39, 0.29) is 15.8 Å². The highest BCUT2D eigenvalue weighted by Gasteiger charge is 2.12. The molecule has 0 bridgehead atoms. The molecule has 3 nitrogen and oxygen atoms in total. The summed E-state index contributed by atoms with van der Waals surface area (Å²) >= 11 is 3.02. The van der Waals surface area contributed by atoms with Crippen LogP contribution in [0.15, 0.2) is 40.9 Å². The highest BCUT2D eigenvalue weighted by molar-refractivity contribution is 9.10. The molecule has 0 amide bonds. The van der Waals surface area contributed by atoms with E-state index in [0.717, 1.165) is 5.56 Å². The van der Waals surface area contributed by atoms with Crippen LogP contribution in [-0.2, 0) is 6.42 Å². The van der Waals surface area contributed by atoms with Crippen LogP contribution in [0.3, 0.4) is 0 Å². The Morgan fingerprint density at radius 1 is 1.10 bits per heavy atom. The molecule has 0 unspecified atom stereocenters. The summed E-state index contributed by atoms with van der Waals surface area (Å²) in [6.45, 7) is 0. The van der Waals surface area contributed by atoms with E-state index < -0.39 is 5.82 Å². The number of rotatable bonds is 3. The van der Waals surface area contributed by atoms with E-state index in [1.54, 1.807) is 24.3 Å². The summed E-state index contributed by atoms with van der Waals surface area (Å²) in [6, 6.07) is 13.6. The zero-order valence-corrected chi connectivity index (χ0v) is 11.8. The fourth-order valence-electron chi connectivity index (χ4n) is 1.59. The van der Waals surface area contributed by atoms with Crippen LogP contribution in [0, 0.1) is 28.5 Å². The van der Waals surface area contributed by atoms with Crippen LogP contribution >= 0.6 is 15.9 Å².